The number of sulfonamides is 1. The van der Waals surface area contributed by atoms with E-state index in [2.05, 4.69) is 14.7 Å². The van der Waals surface area contributed by atoms with E-state index in [9.17, 15) is 18.0 Å². The molecule has 0 atom stereocenters. The second kappa shape index (κ2) is 5.29. The minimum absolute atomic E-state index is 0.0400. The predicted octanol–water partition coefficient (Wildman–Crippen LogP) is -0.154. The zero-order valence-electron chi connectivity index (χ0n) is 12.7. The van der Waals surface area contributed by atoms with Gasteiger partial charge in [0.05, 0.1) is 34.6 Å². The van der Waals surface area contributed by atoms with Crippen molar-refractivity contribution in [3.63, 3.8) is 0 Å². The van der Waals surface area contributed by atoms with Crippen LogP contribution in [0.25, 0.3) is 10.9 Å². The molecule has 124 valence electrons. The highest BCUT2D eigenvalue weighted by atomic mass is 32.2. The van der Waals surface area contributed by atoms with E-state index < -0.39 is 26.8 Å². The summed E-state index contributed by atoms with van der Waals surface area (Å²) in [7, 11) is -3.81. The van der Waals surface area contributed by atoms with Gasteiger partial charge in [-0.15, -0.1) is 0 Å². The van der Waals surface area contributed by atoms with Crippen molar-refractivity contribution in [2.45, 2.75) is 30.7 Å². The van der Waals surface area contributed by atoms with Gasteiger partial charge in [-0.05, 0) is 31.0 Å². The number of benzene rings is 1. The van der Waals surface area contributed by atoms with Crippen LogP contribution in [0.15, 0.2) is 26.6 Å². The smallest absolute Gasteiger partial charge is 0.326 e. The van der Waals surface area contributed by atoms with Crippen molar-refractivity contribution in [2.24, 2.45) is 0 Å². The number of H-pyrrole nitrogens is 2. The number of aryl methyl sites for hydroxylation is 1. The summed E-state index contributed by atoms with van der Waals surface area (Å²) in [5.41, 5.74) is -1.19. The van der Waals surface area contributed by atoms with Crippen LogP contribution >= 0.6 is 0 Å². The minimum atomic E-state index is -3.81. The maximum Gasteiger partial charge on any atom is 0.326 e. The molecule has 2 heterocycles. The Kier molecular flexibility index (Phi) is 3.66. The van der Waals surface area contributed by atoms with Crippen molar-refractivity contribution in [2.75, 3.05) is 13.2 Å². The SMILES string of the molecule is CCc1c(S(=O)(=O)NC2(C)COC2)ccc2[nH]c(=O)[nH]c(=O)c12. The van der Waals surface area contributed by atoms with Crippen LogP contribution in [0.3, 0.4) is 0 Å². The molecule has 2 aromatic rings. The van der Waals surface area contributed by atoms with Crippen molar-refractivity contribution in [3.05, 3.63) is 38.5 Å². The monoisotopic (exact) mass is 339 g/mol. The molecule has 3 rings (SSSR count). The molecule has 23 heavy (non-hydrogen) atoms. The molecule has 1 saturated heterocycles. The number of rotatable bonds is 4. The van der Waals surface area contributed by atoms with Gasteiger partial charge in [-0.3, -0.25) is 9.78 Å². The van der Waals surface area contributed by atoms with Gasteiger partial charge in [-0.25, -0.2) is 17.9 Å². The number of fused-ring (bicyclic) bond motifs is 1. The van der Waals surface area contributed by atoms with Crippen LogP contribution in [-0.4, -0.2) is 37.1 Å². The highest BCUT2D eigenvalue weighted by Crippen LogP contribution is 2.25. The molecule has 0 bridgehead atoms. The van der Waals surface area contributed by atoms with Crippen LogP contribution in [0.1, 0.15) is 19.4 Å². The summed E-state index contributed by atoms with van der Waals surface area (Å²) in [5.74, 6) is 0. The first-order valence-electron chi connectivity index (χ1n) is 7.16. The molecule has 0 amide bonds. The summed E-state index contributed by atoms with van der Waals surface area (Å²) >= 11 is 0. The van der Waals surface area contributed by atoms with Gasteiger partial charge in [0.1, 0.15) is 0 Å². The Hall–Kier alpha value is -1.97. The van der Waals surface area contributed by atoms with Crippen LogP contribution in [0.4, 0.5) is 0 Å². The van der Waals surface area contributed by atoms with Gasteiger partial charge in [0.2, 0.25) is 10.0 Å². The summed E-state index contributed by atoms with van der Waals surface area (Å²) in [4.78, 5) is 28.1. The molecule has 9 heteroatoms. The third kappa shape index (κ3) is 2.71. The summed E-state index contributed by atoms with van der Waals surface area (Å²) in [5, 5.41) is 0.185. The molecule has 0 saturated carbocycles. The molecular formula is C14H17N3O5S. The maximum atomic E-state index is 12.7. The van der Waals surface area contributed by atoms with E-state index in [1.54, 1.807) is 13.8 Å². The molecule has 1 aromatic carbocycles. The molecular weight excluding hydrogens is 322 g/mol. The summed E-state index contributed by atoms with van der Waals surface area (Å²) in [6.07, 6.45) is 0.329. The lowest BCUT2D eigenvalue weighted by atomic mass is 10.0. The number of hydrogen-bond donors (Lipinski definition) is 3. The highest BCUT2D eigenvalue weighted by molar-refractivity contribution is 7.89. The molecule has 1 aliphatic rings. The molecule has 1 aliphatic heterocycles. The van der Waals surface area contributed by atoms with Crippen LogP contribution in [0.2, 0.25) is 0 Å². The molecule has 0 aliphatic carbocycles. The van der Waals surface area contributed by atoms with Crippen molar-refractivity contribution in [3.8, 4) is 0 Å². The average Bonchev–Trinajstić information content (AvgIpc) is 2.43. The molecule has 3 N–H and O–H groups in total. The van der Waals surface area contributed by atoms with E-state index in [4.69, 9.17) is 4.74 Å². The van der Waals surface area contributed by atoms with E-state index in [1.165, 1.54) is 12.1 Å². The third-order valence-corrected chi connectivity index (χ3v) is 5.56. The average molecular weight is 339 g/mol. The van der Waals surface area contributed by atoms with Gasteiger partial charge in [-0.1, -0.05) is 6.92 Å². The third-order valence-electron chi connectivity index (χ3n) is 3.84. The van der Waals surface area contributed by atoms with Gasteiger partial charge in [-0.2, -0.15) is 0 Å². The number of nitrogens with one attached hydrogen (secondary N) is 3. The number of aromatic amines is 2. The summed E-state index contributed by atoms with van der Waals surface area (Å²) in [6.45, 7) is 4.11. The van der Waals surface area contributed by atoms with E-state index >= 15 is 0 Å². The Labute approximate surface area is 131 Å². The van der Waals surface area contributed by atoms with Crippen LogP contribution in [-0.2, 0) is 21.2 Å². The van der Waals surface area contributed by atoms with Gasteiger partial charge < -0.3 is 9.72 Å². The fourth-order valence-corrected chi connectivity index (χ4v) is 4.46. The lowest BCUT2D eigenvalue weighted by Crippen LogP contribution is -2.59. The normalized spacial score (nSPS) is 17.1. The quantitative estimate of drug-likeness (QED) is 0.715. The topological polar surface area (TPSA) is 121 Å². The van der Waals surface area contributed by atoms with Gasteiger partial charge in [0, 0.05) is 0 Å². The second-order valence-electron chi connectivity index (χ2n) is 5.89. The molecule has 0 radical (unpaired) electrons. The first-order valence-corrected chi connectivity index (χ1v) is 8.64. The Morgan fingerprint density at radius 3 is 2.52 bits per heavy atom. The Balaban J connectivity index is 2.22. The van der Waals surface area contributed by atoms with Gasteiger partial charge >= 0.3 is 5.69 Å². The molecule has 8 nitrogen and oxygen atoms in total. The van der Waals surface area contributed by atoms with Crippen LogP contribution in [0.5, 0.6) is 0 Å². The molecule has 1 fully saturated rings. The van der Waals surface area contributed by atoms with Crippen molar-refractivity contribution in [1.29, 1.82) is 0 Å². The Bertz CT molecular complexity index is 986. The maximum absolute atomic E-state index is 12.7. The number of hydrogen-bond acceptors (Lipinski definition) is 5. The first-order chi connectivity index (χ1) is 10.8. The zero-order valence-corrected chi connectivity index (χ0v) is 13.5. The standard InChI is InChI=1S/C14H17N3O5S/c1-3-8-10(23(20,21)17-14(2)6-22-7-14)5-4-9-11(8)12(18)16-13(19)15-9/h4-5,17H,3,6-7H2,1-2H3,(H2,15,16,18,19). The highest BCUT2D eigenvalue weighted by Gasteiger charge is 2.38. The molecule has 0 spiro atoms. The van der Waals surface area contributed by atoms with Gasteiger partial charge in [0.15, 0.2) is 0 Å². The van der Waals surface area contributed by atoms with E-state index in [-0.39, 0.29) is 10.3 Å². The molecule has 1 aromatic heterocycles. The van der Waals surface area contributed by atoms with Crippen molar-refractivity contribution in [1.82, 2.24) is 14.7 Å². The molecule has 0 unspecified atom stereocenters. The fraction of sp³-hybridized carbons (Fsp3) is 0.429. The first kappa shape index (κ1) is 15.9. The largest absolute Gasteiger partial charge is 0.377 e. The predicted molar refractivity (Wildman–Crippen MR) is 84.1 cm³/mol. The van der Waals surface area contributed by atoms with E-state index in [0.29, 0.717) is 30.7 Å². The minimum Gasteiger partial charge on any atom is -0.377 e. The lowest BCUT2D eigenvalue weighted by molar-refractivity contribution is -0.0523. The second-order valence-corrected chi connectivity index (χ2v) is 7.54. The van der Waals surface area contributed by atoms with Crippen LogP contribution in [0, 0.1) is 0 Å². The van der Waals surface area contributed by atoms with Crippen LogP contribution < -0.4 is 16.0 Å². The van der Waals surface area contributed by atoms with E-state index in [1.807, 2.05) is 0 Å². The fourth-order valence-electron chi connectivity index (χ4n) is 2.76. The Morgan fingerprint density at radius 2 is 1.96 bits per heavy atom. The Morgan fingerprint density at radius 1 is 1.26 bits per heavy atom. The van der Waals surface area contributed by atoms with Gasteiger partial charge in [0.25, 0.3) is 5.56 Å². The number of aromatic nitrogens is 2. The summed E-state index contributed by atoms with van der Waals surface area (Å²) < 4.78 is 33.1. The van der Waals surface area contributed by atoms with E-state index in [0.717, 1.165) is 0 Å². The zero-order chi connectivity index (χ0) is 16.8. The van der Waals surface area contributed by atoms with Crippen molar-refractivity contribution < 1.29 is 13.2 Å². The number of ether oxygens (including phenoxy) is 1. The lowest BCUT2D eigenvalue weighted by Gasteiger charge is -2.38. The summed E-state index contributed by atoms with van der Waals surface area (Å²) in [6, 6.07) is 2.83. The van der Waals surface area contributed by atoms with Crippen molar-refractivity contribution >= 4 is 20.9 Å².